The minimum absolute atomic E-state index is 0.0152. The van der Waals surface area contributed by atoms with Crippen LogP contribution < -0.4 is 5.32 Å². The molecule has 49 heavy (non-hydrogen) atoms. The van der Waals surface area contributed by atoms with Crippen molar-refractivity contribution in [2.75, 3.05) is 13.2 Å². The van der Waals surface area contributed by atoms with Gasteiger partial charge in [0.25, 0.3) is 0 Å². The van der Waals surface area contributed by atoms with Gasteiger partial charge in [0.2, 0.25) is 5.78 Å². The molecular formula is C37H41N3O9. The van der Waals surface area contributed by atoms with Crippen LogP contribution in [0.5, 0.6) is 5.75 Å². The van der Waals surface area contributed by atoms with Crippen molar-refractivity contribution >= 4 is 35.0 Å². The van der Waals surface area contributed by atoms with Crippen LogP contribution in [0.25, 0.3) is 0 Å². The average molecular weight is 672 g/mol. The number of carbonyl (C=O) groups excluding carboxylic acids is 3. The lowest BCUT2D eigenvalue weighted by Crippen LogP contribution is -2.61. The second-order valence-electron chi connectivity index (χ2n) is 14.1. The molecule has 0 aromatic heterocycles. The topological polar surface area (TPSA) is 195 Å². The molecular weight excluding hydrogens is 630 g/mol. The van der Waals surface area contributed by atoms with Crippen molar-refractivity contribution in [2.24, 2.45) is 38.8 Å². The van der Waals surface area contributed by atoms with Gasteiger partial charge in [-0.25, -0.2) is 9.59 Å². The Kier molecular flexibility index (Phi) is 9.06. The molecule has 1 amide bonds. The molecule has 3 saturated carbocycles. The van der Waals surface area contributed by atoms with Crippen LogP contribution in [0.1, 0.15) is 61.9 Å². The van der Waals surface area contributed by atoms with Gasteiger partial charge in [0.05, 0.1) is 17.5 Å². The summed E-state index contributed by atoms with van der Waals surface area (Å²) in [6, 6.07) is 10.9. The van der Waals surface area contributed by atoms with Crippen LogP contribution in [-0.2, 0) is 20.7 Å². The summed E-state index contributed by atoms with van der Waals surface area (Å²) in [5, 5.41) is 53.3. The van der Waals surface area contributed by atoms with E-state index in [1.807, 2.05) is 13.0 Å². The van der Waals surface area contributed by atoms with E-state index in [1.54, 1.807) is 36.4 Å². The third-order valence-electron chi connectivity index (χ3n) is 11.6. The van der Waals surface area contributed by atoms with E-state index >= 15 is 0 Å². The number of nitrogens with one attached hydrogen (secondary N) is 1. The van der Waals surface area contributed by atoms with Crippen molar-refractivity contribution in [2.45, 2.75) is 64.1 Å². The van der Waals surface area contributed by atoms with Crippen molar-refractivity contribution in [3.63, 3.8) is 0 Å². The normalized spacial score (nSPS) is 31.8. The summed E-state index contributed by atoms with van der Waals surface area (Å²) in [4.78, 5) is 49.6. The number of aromatic carboxylic acids is 1. The zero-order valence-corrected chi connectivity index (χ0v) is 27.5. The van der Waals surface area contributed by atoms with Crippen molar-refractivity contribution in [1.82, 2.24) is 5.32 Å². The summed E-state index contributed by atoms with van der Waals surface area (Å²) in [6.45, 7) is 3.48. The Labute approximate surface area is 283 Å². The second kappa shape index (κ2) is 13.0. The number of phenols is 1. The zero-order chi connectivity index (χ0) is 35.1. The summed E-state index contributed by atoms with van der Waals surface area (Å²) in [5.74, 6) is -2.38. The Bertz CT molecular complexity index is 1790. The number of hydrogen-bond acceptors (Lipinski definition) is 10. The molecule has 0 radical (unpaired) electrons. The van der Waals surface area contributed by atoms with Crippen molar-refractivity contribution < 1.29 is 44.3 Å². The Morgan fingerprint density at radius 2 is 1.86 bits per heavy atom. The maximum absolute atomic E-state index is 13.6. The number of aliphatic hydroxyl groups excluding tert-OH is 1. The minimum Gasteiger partial charge on any atom is -0.507 e. The lowest BCUT2D eigenvalue weighted by Gasteiger charge is -2.59. The predicted octanol–water partition coefficient (Wildman–Crippen LogP) is 5.35. The third-order valence-corrected chi connectivity index (χ3v) is 11.6. The molecule has 0 bridgehead atoms. The Hall–Kier alpha value is -4.68. The van der Waals surface area contributed by atoms with Gasteiger partial charge in [0.15, 0.2) is 12.4 Å². The van der Waals surface area contributed by atoms with Crippen LogP contribution in [0.3, 0.4) is 0 Å². The van der Waals surface area contributed by atoms with E-state index in [-0.39, 0.29) is 59.9 Å². The summed E-state index contributed by atoms with van der Waals surface area (Å²) >= 11 is 0. The fourth-order valence-corrected chi connectivity index (χ4v) is 9.08. The highest BCUT2D eigenvalue weighted by Gasteiger charge is 2.68. The summed E-state index contributed by atoms with van der Waals surface area (Å²) in [7, 11) is 0. The van der Waals surface area contributed by atoms with E-state index in [9.17, 15) is 39.6 Å². The quantitative estimate of drug-likeness (QED) is 0.218. The van der Waals surface area contributed by atoms with Gasteiger partial charge in [-0.1, -0.05) is 43.7 Å². The number of benzene rings is 2. The predicted molar refractivity (Wildman–Crippen MR) is 177 cm³/mol. The van der Waals surface area contributed by atoms with Gasteiger partial charge >= 0.3 is 12.1 Å². The summed E-state index contributed by atoms with van der Waals surface area (Å²) in [6.07, 6.45) is 6.47. The lowest BCUT2D eigenvalue weighted by atomic mass is 9.46. The number of rotatable bonds is 9. The number of alkyl carbamates (subject to hydrolysis) is 1. The molecule has 0 aliphatic heterocycles. The number of amides is 1. The van der Waals surface area contributed by atoms with E-state index < -0.39 is 47.0 Å². The number of aliphatic hydroxyl groups is 2. The summed E-state index contributed by atoms with van der Waals surface area (Å²) < 4.78 is 5.27. The SMILES string of the molecule is CC12C=CC(=O)C=C1CCC1C2C(O)CC2(C)C1CCC2(O)C(=O)COC(=O)NCCc1ccccc1N=Nc1ccc(O)c(C(=O)O)c1. The number of nitrogens with zero attached hydrogens (tertiary/aromatic N) is 2. The highest BCUT2D eigenvalue weighted by molar-refractivity contribution is 6.01. The Morgan fingerprint density at radius 3 is 2.63 bits per heavy atom. The maximum Gasteiger partial charge on any atom is 0.407 e. The number of carbonyl (C=O) groups is 4. The van der Waals surface area contributed by atoms with Crippen LogP contribution in [0.4, 0.5) is 16.2 Å². The van der Waals surface area contributed by atoms with Crippen LogP contribution >= 0.6 is 0 Å². The minimum atomic E-state index is -1.76. The molecule has 7 unspecified atom stereocenters. The zero-order valence-electron chi connectivity index (χ0n) is 27.5. The molecule has 0 heterocycles. The standard InChI is InChI=1S/C37H41N3O9/c1-35-14-11-24(41)17-22(35)7-9-25-27-12-15-37(48,36(27,2)19-30(43)32(25)35)31(44)20-49-34(47)38-16-13-21-5-3-4-6-28(21)40-39-23-8-10-29(42)26(18-23)33(45)46/h3-6,8,10-11,14,17-18,25,27,30,32,42-43,48H,7,9,12-13,15-16,19-20H2,1-2H3,(H,38,47)(H,45,46). The fourth-order valence-electron chi connectivity index (χ4n) is 9.08. The van der Waals surface area contributed by atoms with Gasteiger partial charge < -0.3 is 30.5 Å². The average Bonchev–Trinajstić information content (AvgIpc) is 3.34. The molecule has 12 heteroatoms. The number of allylic oxidation sites excluding steroid dienone is 4. The monoisotopic (exact) mass is 671 g/mol. The van der Waals surface area contributed by atoms with Gasteiger partial charge in [0.1, 0.15) is 16.9 Å². The number of carboxylic acid groups (broad SMARTS) is 1. The lowest BCUT2D eigenvalue weighted by molar-refractivity contribution is -0.178. The Morgan fingerprint density at radius 1 is 1.08 bits per heavy atom. The number of fused-ring (bicyclic) bond motifs is 5. The number of hydrogen-bond donors (Lipinski definition) is 5. The molecule has 0 saturated heterocycles. The first-order valence-electron chi connectivity index (χ1n) is 16.6. The highest BCUT2D eigenvalue weighted by atomic mass is 16.6. The molecule has 7 atom stereocenters. The van der Waals surface area contributed by atoms with E-state index in [1.165, 1.54) is 18.2 Å². The molecule has 12 nitrogen and oxygen atoms in total. The highest BCUT2D eigenvalue weighted by Crippen LogP contribution is 2.67. The maximum atomic E-state index is 13.6. The van der Waals surface area contributed by atoms with Crippen molar-refractivity contribution in [3.05, 3.63) is 77.4 Å². The number of aromatic hydroxyl groups is 1. The van der Waals surface area contributed by atoms with Gasteiger partial charge in [0, 0.05) is 23.3 Å². The second-order valence-corrected chi connectivity index (χ2v) is 14.1. The van der Waals surface area contributed by atoms with Crippen molar-refractivity contribution in [1.29, 1.82) is 0 Å². The smallest absolute Gasteiger partial charge is 0.407 e. The van der Waals surface area contributed by atoms with Gasteiger partial charge in [-0.3, -0.25) is 9.59 Å². The summed E-state index contributed by atoms with van der Waals surface area (Å²) in [5.41, 5.74) is -0.902. The van der Waals surface area contributed by atoms with Gasteiger partial charge in [-0.15, -0.1) is 0 Å². The molecule has 0 spiro atoms. The Balaban J connectivity index is 1.04. The van der Waals surface area contributed by atoms with Crippen LogP contribution in [-0.4, -0.2) is 68.9 Å². The van der Waals surface area contributed by atoms with Crippen molar-refractivity contribution in [3.8, 4) is 5.75 Å². The molecule has 3 fully saturated rings. The van der Waals surface area contributed by atoms with Gasteiger partial charge in [-0.2, -0.15) is 10.2 Å². The van der Waals surface area contributed by atoms with Crippen LogP contribution in [0.2, 0.25) is 0 Å². The number of azo groups is 1. The molecule has 5 N–H and O–H groups in total. The van der Waals surface area contributed by atoms with E-state index in [2.05, 4.69) is 22.5 Å². The first-order valence-corrected chi connectivity index (χ1v) is 16.6. The first-order chi connectivity index (χ1) is 23.3. The molecule has 2 aromatic carbocycles. The number of carboxylic acids is 1. The third kappa shape index (κ3) is 6.08. The molecule has 4 aliphatic carbocycles. The van der Waals surface area contributed by atoms with E-state index in [0.29, 0.717) is 18.5 Å². The number of ketones is 2. The molecule has 2 aromatic rings. The largest absolute Gasteiger partial charge is 0.507 e. The molecule has 258 valence electrons. The van der Waals surface area contributed by atoms with E-state index in [0.717, 1.165) is 24.0 Å². The first kappa shape index (κ1) is 34.2. The molecule has 6 rings (SSSR count). The molecule has 4 aliphatic rings. The fraction of sp³-hybridized carbons (Fsp3) is 0.459. The van der Waals surface area contributed by atoms with Crippen LogP contribution in [0, 0.1) is 28.6 Å². The number of ether oxygens (including phenoxy) is 1. The van der Waals surface area contributed by atoms with E-state index in [4.69, 9.17) is 4.74 Å². The number of Topliss-reactive ketones (excluding diaryl/α,β-unsaturated/α-hetero) is 1. The van der Waals surface area contributed by atoms with Gasteiger partial charge in [-0.05, 0) is 92.3 Å². The van der Waals surface area contributed by atoms with Crippen LogP contribution in [0.15, 0.2) is 76.5 Å².